The van der Waals surface area contributed by atoms with Crippen LogP contribution in [0.2, 0.25) is 0 Å². The van der Waals surface area contributed by atoms with Gasteiger partial charge in [0.2, 0.25) is 0 Å². The molecule has 1 saturated heterocycles. The van der Waals surface area contributed by atoms with Gasteiger partial charge in [-0.2, -0.15) is 0 Å². The maximum atomic E-state index is 12.9. The minimum atomic E-state index is -0.0241. The molecule has 1 amide bonds. The number of fused-ring (bicyclic) bond motifs is 1. The molecule has 144 valence electrons. The van der Waals surface area contributed by atoms with Crippen molar-refractivity contribution in [3.05, 3.63) is 84.4 Å². The zero-order valence-corrected chi connectivity index (χ0v) is 16.1. The molecule has 2 aromatic heterocycles. The normalized spacial score (nSPS) is 15.0. The minimum absolute atomic E-state index is 0.0241. The SMILES string of the molecule is O=C(c1nc2ccccc2[nH]1)N1CCC(c2ncccc2-c2ccccc2)CC1. The van der Waals surface area contributed by atoms with Gasteiger partial charge in [-0.25, -0.2) is 4.98 Å². The fourth-order valence-electron chi connectivity index (χ4n) is 4.16. The maximum Gasteiger partial charge on any atom is 0.289 e. The van der Waals surface area contributed by atoms with Crippen molar-refractivity contribution in [2.24, 2.45) is 0 Å². The van der Waals surface area contributed by atoms with E-state index in [1.54, 1.807) is 0 Å². The highest BCUT2D eigenvalue weighted by molar-refractivity contribution is 5.94. The van der Waals surface area contributed by atoms with Gasteiger partial charge in [0.05, 0.1) is 16.7 Å². The van der Waals surface area contributed by atoms with E-state index < -0.39 is 0 Å². The van der Waals surface area contributed by atoms with Crippen LogP contribution >= 0.6 is 0 Å². The molecule has 3 heterocycles. The number of aromatic nitrogens is 3. The Hall–Kier alpha value is -3.47. The predicted molar refractivity (Wildman–Crippen MR) is 114 cm³/mol. The standard InChI is InChI=1S/C24H22N4O/c29-24(23-26-20-10-4-5-11-21(20)27-23)28-15-12-18(13-16-28)22-19(9-6-14-25-22)17-7-2-1-3-8-17/h1-11,14,18H,12-13,15-16H2,(H,26,27). The second-order valence-electron chi connectivity index (χ2n) is 7.47. The van der Waals surface area contributed by atoms with E-state index in [-0.39, 0.29) is 5.91 Å². The minimum Gasteiger partial charge on any atom is -0.336 e. The molecule has 5 heteroatoms. The fraction of sp³-hybridized carbons (Fsp3) is 0.208. The van der Waals surface area contributed by atoms with Crippen molar-refractivity contribution in [2.75, 3.05) is 13.1 Å². The van der Waals surface area contributed by atoms with E-state index >= 15 is 0 Å². The molecule has 0 spiro atoms. The van der Waals surface area contributed by atoms with Gasteiger partial charge in [0.1, 0.15) is 0 Å². The number of aromatic amines is 1. The average Bonchev–Trinajstić information content (AvgIpc) is 3.24. The Morgan fingerprint density at radius 1 is 0.931 bits per heavy atom. The van der Waals surface area contributed by atoms with Crippen LogP contribution in [0.4, 0.5) is 0 Å². The summed E-state index contributed by atoms with van der Waals surface area (Å²) in [7, 11) is 0. The van der Waals surface area contributed by atoms with Crippen LogP contribution in [0, 0.1) is 0 Å². The first-order valence-corrected chi connectivity index (χ1v) is 10.0. The molecule has 1 N–H and O–H groups in total. The molecule has 5 nitrogen and oxygen atoms in total. The van der Waals surface area contributed by atoms with Crippen molar-refractivity contribution in [1.29, 1.82) is 0 Å². The van der Waals surface area contributed by atoms with Gasteiger partial charge in [0, 0.05) is 30.8 Å². The molecule has 0 aliphatic carbocycles. The van der Waals surface area contributed by atoms with Crippen LogP contribution < -0.4 is 0 Å². The van der Waals surface area contributed by atoms with Gasteiger partial charge in [-0.3, -0.25) is 9.78 Å². The Morgan fingerprint density at radius 2 is 1.69 bits per heavy atom. The number of rotatable bonds is 3. The number of nitrogens with zero attached hydrogens (tertiary/aromatic N) is 3. The Bertz CT molecular complexity index is 1110. The van der Waals surface area contributed by atoms with E-state index in [4.69, 9.17) is 4.98 Å². The Labute approximate surface area is 169 Å². The van der Waals surface area contributed by atoms with Crippen LogP contribution in [-0.2, 0) is 0 Å². The van der Waals surface area contributed by atoms with E-state index in [2.05, 4.69) is 40.3 Å². The summed E-state index contributed by atoms with van der Waals surface area (Å²) in [5.74, 6) is 0.752. The lowest BCUT2D eigenvalue weighted by Gasteiger charge is -2.32. The number of benzene rings is 2. The van der Waals surface area contributed by atoms with Crippen molar-refractivity contribution in [3.8, 4) is 11.1 Å². The summed E-state index contributed by atoms with van der Waals surface area (Å²) in [6.45, 7) is 1.43. The molecule has 0 unspecified atom stereocenters. The Kier molecular flexibility index (Phi) is 4.56. The molecule has 5 rings (SSSR count). The second-order valence-corrected chi connectivity index (χ2v) is 7.47. The molecule has 0 atom stereocenters. The summed E-state index contributed by atoms with van der Waals surface area (Å²) in [4.78, 5) is 27.1. The zero-order valence-electron chi connectivity index (χ0n) is 16.1. The van der Waals surface area contributed by atoms with Crippen molar-refractivity contribution in [1.82, 2.24) is 19.9 Å². The largest absolute Gasteiger partial charge is 0.336 e. The van der Waals surface area contributed by atoms with E-state index in [1.165, 1.54) is 11.1 Å². The summed E-state index contributed by atoms with van der Waals surface area (Å²) in [5.41, 5.74) is 5.24. The van der Waals surface area contributed by atoms with Crippen molar-refractivity contribution >= 4 is 16.9 Å². The summed E-state index contributed by atoms with van der Waals surface area (Å²) in [5, 5.41) is 0. The van der Waals surface area contributed by atoms with Crippen LogP contribution in [0.3, 0.4) is 0 Å². The molecule has 2 aromatic carbocycles. The topological polar surface area (TPSA) is 61.9 Å². The van der Waals surface area contributed by atoms with Gasteiger partial charge >= 0.3 is 0 Å². The number of likely N-dealkylation sites (tertiary alicyclic amines) is 1. The van der Waals surface area contributed by atoms with E-state index in [0.717, 1.165) is 29.6 Å². The van der Waals surface area contributed by atoms with E-state index in [0.29, 0.717) is 24.8 Å². The first kappa shape index (κ1) is 17.6. The monoisotopic (exact) mass is 382 g/mol. The molecular formula is C24H22N4O. The average molecular weight is 382 g/mol. The van der Waals surface area contributed by atoms with Crippen molar-refractivity contribution in [2.45, 2.75) is 18.8 Å². The van der Waals surface area contributed by atoms with Crippen LogP contribution in [-0.4, -0.2) is 38.8 Å². The smallest absolute Gasteiger partial charge is 0.289 e. The molecular weight excluding hydrogens is 360 g/mol. The second kappa shape index (κ2) is 7.51. The van der Waals surface area contributed by atoms with Gasteiger partial charge in [0.15, 0.2) is 5.82 Å². The summed E-state index contributed by atoms with van der Waals surface area (Å²) in [6.07, 6.45) is 3.68. The number of imidazole rings is 1. The highest BCUT2D eigenvalue weighted by atomic mass is 16.2. The third-order valence-corrected chi connectivity index (χ3v) is 5.68. The zero-order chi connectivity index (χ0) is 19.6. The number of amides is 1. The maximum absolute atomic E-state index is 12.9. The first-order valence-electron chi connectivity index (χ1n) is 10.0. The lowest BCUT2D eigenvalue weighted by molar-refractivity contribution is 0.0701. The number of hydrogen-bond acceptors (Lipinski definition) is 3. The predicted octanol–water partition coefficient (Wildman–Crippen LogP) is 4.64. The lowest BCUT2D eigenvalue weighted by atomic mass is 9.88. The first-order chi connectivity index (χ1) is 14.3. The number of carbonyl (C=O) groups is 1. The summed E-state index contributed by atoms with van der Waals surface area (Å²) in [6, 6.07) is 22.3. The number of pyridine rings is 1. The van der Waals surface area contributed by atoms with E-state index in [1.807, 2.05) is 47.5 Å². The molecule has 1 aliphatic rings. The Morgan fingerprint density at radius 3 is 2.48 bits per heavy atom. The number of piperidine rings is 1. The van der Waals surface area contributed by atoms with Gasteiger partial charge in [-0.15, -0.1) is 0 Å². The molecule has 0 bridgehead atoms. The molecule has 29 heavy (non-hydrogen) atoms. The molecule has 0 saturated carbocycles. The number of para-hydroxylation sites is 2. The van der Waals surface area contributed by atoms with Crippen molar-refractivity contribution < 1.29 is 4.79 Å². The lowest BCUT2D eigenvalue weighted by Crippen LogP contribution is -2.38. The van der Waals surface area contributed by atoms with Crippen LogP contribution in [0.15, 0.2) is 72.9 Å². The van der Waals surface area contributed by atoms with Gasteiger partial charge < -0.3 is 9.88 Å². The highest BCUT2D eigenvalue weighted by Gasteiger charge is 2.28. The molecule has 4 aromatic rings. The third-order valence-electron chi connectivity index (χ3n) is 5.68. The van der Waals surface area contributed by atoms with Crippen LogP contribution in [0.1, 0.15) is 35.1 Å². The molecule has 0 radical (unpaired) electrons. The van der Waals surface area contributed by atoms with Gasteiger partial charge in [-0.1, -0.05) is 48.5 Å². The van der Waals surface area contributed by atoms with Gasteiger partial charge in [-0.05, 0) is 36.6 Å². The van der Waals surface area contributed by atoms with Crippen LogP contribution in [0.25, 0.3) is 22.2 Å². The Balaban J connectivity index is 1.33. The molecule has 1 aliphatic heterocycles. The number of carbonyl (C=O) groups excluding carboxylic acids is 1. The number of nitrogens with one attached hydrogen (secondary N) is 1. The van der Waals surface area contributed by atoms with E-state index in [9.17, 15) is 4.79 Å². The van der Waals surface area contributed by atoms with Crippen molar-refractivity contribution in [3.63, 3.8) is 0 Å². The highest BCUT2D eigenvalue weighted by Crippen LogP contribution is 2.34. The fourth-order valence-corrected chi connectivity index (χ4v) is 4.16. The van der Waals surface area contributed by atoms with Crippen LogP contribution in [0.5, 0.6) is 0 Å². The number of hydrogen-bond donors (Lipinski definition) is 1. The van der Waals surface area contributed by atoms with Gasteiger partial charge in [0.25, 0.3) is 5.91 Å². The quantitative estimate of drug-likeness (QED) is 0.561. The summed E-state index contributed by atoms with van der Waals surface area (Å²) >= 11 is 0. The summed E-state index contributed by atoms with van der Waals surface area (Å²) < 4.78 is 0. The third kappa shape index (κ3) is 3.40. The number of H-pyrrole nitrogens is 1. The molecule has 1 fully saturated rings.